The normalized spacial score (nSPS) is 13.5. The van der Waals surface area contributed by atoms with E-state index in [-0.39, 0.29) is 5.92 Å². The molecule has 0 radical (unpaired) electrons. The molecule has 0 saturated heterocycles. The van der Waals surface area contributed by atoms with Crippen LogP contribution in [0.15, 0.2) is 0 Å². The van der Waals surface area contributed by atoms with Gasteiger partial charge in [-0.3, -0.25) is 4.79 Å². The van der Waals surface area contributed by atoms with Crippen molar-refractivity contribution < 1.29 is 19.4 Å². The van der Waals surface area contributed by atoms with Gasteiger partial charge in [-0.05, 0) is 12.8 Å². The molecule has 2 atom stereocenters. The summed E-state index contributed by atoms with van der Waals surface area (Å²) in [5.74, 6) is -1.94. The fraction of sp³-hybridized carbons (Fsp3) is 0.900. The first-order valence-electron chi connectivity index (χ1n) is 9.90. The van der Waals surface area contributed by atoms with E-state index in [9.17, 15) is 14.7 Å². The smallest absolute Gasteiger partial charge is 0.303 e. The molecule has 0 aliphatic carbocycles. The molecule has 0 N–H and O–H groups in total. The van der Waals surface area contributed by atoms with Crippen LogP contribution in [0.25, 0.3) is 0 Å². The van der Waals surface area contributed by atoms with E-state index in [1.54, 1.807) is 0 Å². The van der Waals surface area contributed by atoms with Crippen LogP contribution < -0.4 is 5.11 Å². The largest absolute Gasteiger partial charge is 0.546 e. The summed E-state index contributed by atoms with van der Waals surface area (Å²) >= 11 is 0. The van der Waals surface area contributed by atoms with Gasteiger partial charge in [0.05, 0.1) is 5.97 Å². The number of ether oxygens (including phenoxy) is 1. The molecule has 0 spiro atoms. The number of rotatable bonds is 16. The third-order valence-electron chi connectivity index (χ3n) is 4.54. The lowest BCUT2D eigenvalue weighted by atomic mass is 9.90. The second kappa shape index (κ2) is 15.5. The molecule has 2 unspecified atom stereocenters. The Bertz CT molecular complexity index is 328. The molecule has 0 aliphatic rings. The van der Waals surface area contributed by atoms with E-state index in [0.717, 1.165) is 32.1 Å². The molecule has 0 fully saturated rings. The zero-order valence-corrected chi connectivity index (χ0v) is 16.0. The molecule has 0 aromatic carbocycles. The first kappa shape index (κ1) is 22.9. The summed E-state index contributed by atoms with van der Waals surface area (Å²) < 4.78 is 4.97. The number of carbonyl (C=O) groups excluding carboxylic acids is 2. The molecule has 142 valence electrons. The van der Waals surface area contributed by atoms with Gasteiger partial charge in [0, 0.05) is 12.8 Å². The van der Waals surface area contributed by atoms with Crippen molar-refractivity contribution in [3.8, 4) is 0 Å². The summed E-state index contributed by atoms with van der Waals surface area (Å²) in [5.41, 5.74) is 0. The van der Waals surface area contributed by atoms with Gasteiger partial charge < -0.3 is 14.6 Å². The molecular formula is C20H37O4-. The molecular weight excluding hydrogens is 304 g/mol. The van der Waals surface area contributed by atoms with Crippen LogP contribution in [-0.4, -0.2) is 18.0 Å². The minimum absolute atomic E-state index is 0.127. The van der Waals surface area contributed by atoms with Gasteiger partial charge >= 0.3 is 5.97 Å². The molecule has 4 heteroatoms. The van der Waals surface area contributed by atoms with Crippen LogP contribution in [0.5, 0.6) is 0 Å². The number of hydrogen-bond acceptors (Lipinski definition) is 4. The van der Waals surface area contributed by atoms with Crippen molar-refractivity contribution in [3.05, 3.63) is 0 Å². The third-order valence-corrected chi connectivity index (χ3v) is 4.54. The van der Waals surface area contributed by atoms with Gasteiger partial charge in [-0.2, -0.15) is 0 Å². The molecule has 0 aliphatic heterocycles. The fourth-order valence-corrected chi connectivity index (χ4v) is 3.23. The van der Waals surface area contributed by atoms with E-state index < -0.39 is 18.0 Å². The van der Waals surface area contributed by atoms with Gasteiger partial charge in [0.1, 0.15) is 6.10 Å². The molecule has 0 heterocycles. The Balaban J connectivity index is 3.91. The van der Waals surface area contributed by atoms with Crippen molar-refractivity contribution in [1.82, 2.24) is 0 Å². The second-order valence-corrected chi connectivity index (χ2v) is 6.87. The maximum Gasteiger partial charge on any atom is 0.303 e. The van der Waals surface area contributed by atoms with E-state index in [1.807, 2.05) is 6.92 Å². The average molecular weight is 342 g/mol. The number of hydrogen-bond donors (Lipinski definition) is 0. The molecule has 24 heavy (non-hydrogen) atoms. The Hall–Kier alpha value is -1.06. The minimum Gasteiger partial charge on any atom is -0.546 e. The molecule has 0 rings (SSSR count). The first-order chi connectivity index (χ1) is 11.5. The van der Waals surface area contributed by atoms with Crippen LogP contribution in [0.2, 0.25) is 0 Å². The standard InChI is InChI=1S/C20H38O4/c1-4-6-7-8-9-10-11-12-13-14-16-18(15-5-2)19(20(22)23)24-17(3)21/h18-19H,4-16H2,1-3H3,(H,22,23)/p-1. The monoisotopic (exact) mass is 341 g/mol. The topological polar surface area (TPSA) is 66.4 Å². The minimum atomic E-state index is -1.27. The Morgan fingerprint density at radius 2 is 1.29 bits per heavy atom. The number of carboxylic acid groups (broad SMARTS) is 1. The lowest BCUT2D eigenvalue weighted by Gasteiger charge is -2.27. The van der Waals surface area contributed by atoms with E-state index in [4.69, 9.17) is 4.74 Å². The summed E-state index contributed by atoms with van der Waals surface area (Å²) in [7, 11) is 0. The van der Waals surface area contributed by atoms with Crippen LogP contribution in [0, 0.1) is 5.92 Å². The van der Waals surface area contributed by atoms with E-state index in [0.29, 0.717) is 0 Å². The van der Waals surface area contributed by atoms with Gasteiger partial charge in [0.2, 0.25) is 0 Å². The Morgan fingerprint density at radius 3 is 1.71 bits per heavy atom. The number of aliphatic carboxylic acids is 1. The summed E-state index contributed by atoms with van der Waals surface area (Å²) in [5, 5.41) is 11.2. The number of unbranched alkanes of at least 4 members (excludes halogenated alkanes) is 9. The molecule has 0 saturated carbocycles. The van der Waals surface area contributed by atoms with Crippen molar-refractivity contribution in [3.63, 3.8) is 0 Å². The van der Waals surface area contributed by atoms with E-state index >= 15 is 0 Å². The van der Waals surface area contributed by atoms with Crippen molar-refractivity contribution in [1.29, 1.82) is 0 Å². The van der Waals surface area contributed by atoms with Crippen molar-refractivity contribution in [2.24, 2.45) is 5.92 Å². The van der Waals surface area contributed by atoms with Gasteiger partial charge in [-0.1, -0.05) is 84.5 Å². The molecule has 4 nitrogen and oxygen atoms in total. The van der Waals surface area contributed by atoms with Crippen LogP contribution in [0.3, 0.4) is 0 Å². The summed E-state index contributed by atoms with van der Waals surface area (Å²) in [4.78, 5) is 22.3. The Labute approximate surface area is 148 Å². The highest BCUT2D eigenvalue weighted by atomic mass is 16.6. The van der Waals surface area contributed by atoms with Gasteiger partial charge in [-0.15, -0.1) is 0 Å². The zero-order valence-electron chi connectivity index (χ0n) is 16.0. The second-order valence-electron chi connectivity index (χ2n) is 6.87. The average Bonchev–Trinajstić information content (AvgIpc) is 2.53. The van der Waals surface area contributed by atoms with Crippen molar-refractivity contribution >= 4 is 11.9 Å². The quantitative estimate of drug-likeness (QED) is 0.308. The number of carboxylic acids is 1. The molecule has 0 bridgehead atoms. The van der Waals surface area contributed by atoms with Crippen LogP contribution >= 0.6 is 0 Å². The predicted molar refractivity (Wildman–Crippen MR) is 95.4 cm³/mol. The number of carbonyl (C=O) groups is 2. The fourth-order valence-electron chi connectivity index (χ4n) is 3.23. The third kappa shape index (κ3) is 12.4. The maximum absolute atomic E-state index is 11.2. The zero-order chi connectivity index (χ0) is 18.2. The Morgan fingerprint density at radius 1 is 0.792 bits per heavy atom. The molecule has 0 aromatic heterocycles. The van der Waals surface area contributed by atoms with Gasteiger partial charge in [-0.25, -0.2) is 0 Å². The summed E-state index contributed by atoms with van der Waals surface area (Å²) in [6, 6.07) is 0. The predicted octanol–water partition coefficient (Wildman–Crippen LogP) is 4.40. The lowest BCUT2D eigenvalue weighted by molar-refractivity contribution is -0.318. The van der Waals surface area contributed by atoms with Crippen molar-refractivity contribution in [2.75, 3.05) is 0 Å². The highest BCUT2D eigenvalue weighted by molar-refractivity contribution is 5.75. The van der Waals surface area contributed by atoms with Crippen LogP contribution in [0.4, 0.5) is 0 Å². The van der Waals surface area contributed by atoms with E-state index in [2.05, 4.69) is 6.92 Å². The van der Waals surface area contributed by atoms with Crippen LogP contribution in [0.1, 0.15) is 104 Å². The van der Waals surface area contributed by atoms with Gasteiger partial charge in [0.15, 0.2) is 0 Å². The summed E-state index contributed by atoms with van der Waals surface area (Å²) in [6.07, 6.45) is 13.9. The first-order valence-corrected chi connectivity index (χ1v) is 9.90. The van der Waals surface area contributed by atoms with Crippen LogP contribution in [-0.2, 0) is 14.3 Å². The molecule has 0 amide bonds. The van der Waals surface area contributed by atoms with Gasteiger partial charge in [0.25, 0.3) is 0 Å². The molecule has 0 aromatic rings. The maximum atomic E-state index is 11.2. The SMILES string of the molecule is CCCCCCCCCCCCC(CCC)C(OC(C)=O)C(=O)[O-]. The lowest BCUT2D eigenvalue weighted by Crippen LogP contribution is -2.43. The highest BCUT2D eigenvalue weighted by Crippen LogP contribution is 2.22. The summed E-state index contributed by atoms with van der Waals surface area (Å²) in [6.45, 7) is 5.50. The highest BCUT2D eigenvalue weighted by Gasteiger charge is 2.24. The number of esters is 1. The van der Waals surface area contributed by atoms with E-state index in [1.165, 1.54) is 58.3 Å². The van der Waals surface area contributed by atoms with Crippen molar-refractivity contribution in [2.45, 2.75) is 110 Å². The Kier molecular flexibility index (Phi) is 14.8.